The van der Waals surface area contributed by atoms with Gasteiger partial charge in [-0.1, -0.05) is 19.8 Å². The van der Waals surface area contributed by atoms with E-state index >= 15 is 0 Å². The predicted octanol–water partition coefficient (Wildman–Crippen LogP) is 2.06. The molecule has 1 N–H and O–H groups in total. The predicted molar refractivity (Wildman–Crippen MR) is 77.8 cm³/mol. The van der Waals surface area contributed by atoms with Gasteiger partial charge < -0.3 is 14.9 Å². The summed E-state index contributed by atoms with van der Waals surface area (Å²) >= 11 is 0. The van der Waals surface area contributed by atoms with Crippen molar-refractivity contribution in [2.45, 2.75) is 39.0 Å². The molecule has 1 saturated carbocycles. The second-order valence-corrected chi connectivity index (χ2v) is 6.74. The molecular formula is C15H32N2O. The van der Waals surface area contributed by atoms with Crippen LogP contribution in [0.5, 0.6) is 0 Å². The molecule has 3 nitrogen and oxygen atoms in total. The summed E-state index contributed by atoms with van der Waals surface area (Å²) in [7, 11) is 6.45. The Bertz CT molecular complexity index is 223. The molecule has 108 valence electrons. The molecule has 1 rings (SSSR count). The number of rotatable bonds is 7. The monoisotopic (exact) mass is 256 g/mol. The van der Waals surface area contributed by atoms with E-state index in [-0.39, 0.29) is 5.41 Å². The van der Waals surface area contributed by atoms with Crippen molar-refractivity contribution in [3.05, 3.63) is 0 Å². The minimum atomic E-state index is 0.180. The van der Waals surface area contributed by atoms with Gasteiger partial charge in [0.2, 0.25) is 0 Å². The first-order chi connectivity index (χ1) is 8.47. The van der Waals surface area contributed by atoms with Crippen LogP contribution in [-0.2, 0) is 0 Å². The van der Waals surface area contributed by atoms with E-state index in [2.05, 4.69) is 37.9 Å². The molecule has 18 heavy (non-hydrogen) atoms. The molecule has 0 heterocycles. The van der Waals surface area contributed by atoms with Gasteiger partial charge in [0.25, 0.3) is 0 Å². The van der Waals surface area contributed by atoms with Crippen LogP contribution >= 0.6 is 0 Å². The summed E-state index contributed by atoms with van der Waals surface area (Å²) in [6.07, 6.45) is 6.17. The summed E-state index contributed by atoms with van der Waals surface area (Å²) in [4.78, 5) is 4.65. The third kappa shape index (κ3) is 5.25. The molecule has 0 amide bonds. The normalized spacial score (nSPS) is 29.2. The average Bonchev–Trinajstić information content (AvgIpc) is 2.32. The van der Waals surface area contributed by atoms with Gasteiger partial charge in [0.15, 0.2) is 0 Å². The highest BCUT2D eigenvalue weighted by Gasteiger charge is 2.34. The first-order valence-electron chi connectivity index (χ1n) is 7.41. The van der Waals surface area contributed by atoms with Gasteiger partial charge in [-0.05, 0) is 59.4 Å². The number of hydrogen-bond donors (Lipinski definition) is 1. The number of aliphatic hydroxyl groups excluding tert-OH is 1. The zero-order valence-corrected chi connectivity index (χ0v) is 12.8. The van der Waals surface area contributed by atoms with Crippen molar-refractivity contribution in [2.75, 3.05) is 47.4 Å². The summed E-state index contributed by atoms with van der Waals surface area (Å²) in [5.41, 5.74) is 0.180. The molecule has 1 fully saturated rings. The maximum Gasteiger partial charge on any atom is 0.0499 e. The van der Waals surface area contributed by atoms with E-state index in [0.29, 0.717) is 6.61 Å². The molecule has 0 bridgehead atoms. The maximum absolute atomic E-state index is 9.76. The van der Waals surface area contributed by atoms with E-state index in [9.17, 15) is 5.11 Å². The van der Waals surface area contributed by atoms with Gasteiger partial charge in [-0.15, -0.1) is 0 Å². The Balaban J connectivity index is 2.33. The molecular weight excluding hydrogens is 224 g/mol. The average molecular weight is 256 g/mol. The van der Waals surface area contributed by atoms with Gasteiger partial charge in [0, 0.05) is 18.6 Å². The van der Waals surface area contributed by atoms with E-state index < -0.39 is 0 Å². The summed E-state index contributed by atoms with van der Waals surface area (Å²) in [5.74, 6) is 0.851. The summed E-state index contributed by atoms with van der Waals surface area (Å²) in [5, 5.41) is 9.76. The van der Waals surface area contributed by atoms with Crippen molar-refractivity contribution in [3.63, 3.8) is 0 Å². The van der Waals surface area contributed by atoms with Crippen molar-refractivity contribution < 1.29 is 5.11 Å². The second kappa shape index (κ2) is 7.46. The fourth-order valence-electron chi connectivity index (χ4n) is 3.05. The first-order valence-corrected chi connectivity index (χ1v) is 7.41. The van der Waals surface area contributed by atoms with Gasteiger partial charge in [-0.25, -0.2) is 0 Å². The summed E-state index contributed by atoms with van der Waals surface area (Å²) in [6.45, 7) is 6.03. The highest BCUT2D eigenvalue weighted by molar-refractivity contribution is 4.86. The highest BCUT2D eigenvalue weighted by Crippen LogP contribution is 2.38. The molecule has 0 saturated heterocycles. The quantitative estimate of drug-likeness (QED) is 0.755. The Morgan fingerprint density at radius 1 is 1.11 bits per heavy atom. The standard InChI is InChI=1S/C15H32N2O/c1-14-6-8-15(13-18,9-7-14)12-17(4)11-5-10-16(2)3/h14,18H,5-13H2,1-4H3. The number of hydrogen-bond acceptors (Lipinski definition) is 3. The summed E-state index contributed by atoms with van der Waals surface area (Å²) in [6, 6.07) is 0. The van der Waals surface area contributed by atoms with Crippen LogP contribution in [0.25, 0.3) is 0 Å². The van der Waals surface area contributed by atoms with Gasteiger partial charge in [0.05, 0.1) is 0 Å². The Morgan fingerprint density at radius 3 is 2.22 bits per heavy atom. The van der Waals surface area contributed by atoms with Crippen LogP contribution in [0, 0.1) is 11.3 Å². The third-order valence-electron chi connectivity index (χ3n) is 4.42. The topological polar surface area (TPSA) is 26.7 Å². The smallest absolute Gasteiger partial charge is 0.0499 e. The minimum absolute atomic E-state index is 0.180. The van der Waals surface area contributed by atoms with Gasteiger partial charge in [0.1, 0.15) is 0 Å². The summed E-state index contributed by atoms with van der Waals surface area (Å²) < 4.78 is 0. The van der Waals surface area contributed by atoms with E-state index in [4.69, 9.17) is 0 Å². The van der Waals surface area contributed by atoms with Gasteiger partial charge >= 0.3 is 0 Å². The van der Waals surface area contributed by atoms with Crippen LogP contribution in [0.1, 0.15) is 39.0 Å². The minimum Gasteiger partial charge on any atom is -0.396 e. The molecule has 3 heteroatoms. The van der Waals surface area contributed by atoms with Gasteiger partial charge in [-0.2, -0.15) is 0 Å². The van der Waals surface area contributed by atoms with Crippen molar-refractivity contribution in [1.29, 1.82) is 0 Å². The molecule has 0 aliphatic heterocycles. The molecule has 1 aliphatic rings. The molecule has 0 unspecified atom stereocenters. The third-order valence-corrected chi connectivity index (χ3v) is 4.42. The lowest BCUT2D eigenvalue weighted by Crippen LogP contribution is -2.41. The van der Waals surface area contributed by atoms with Crippen molar-refractivity contribution in [1.82, 2.24) is 9.80 Å². The lowest BCUT2D eigenvalue weighted by molar-refractivity contribution is 0.0359. The molecule has 0 aromatic heterocycles. The van der Waals surface area contributed by atoms with Crippen LogP contribution < -0.4 is 0 Å². The van der Waals surface area contributed by atoms with E-state index in [1.165, 1.54) is 32.1 Å². The SMILES string of the molecule is CC1CCC(CO)(CN(C)CCCN(C)C)CC1. The molecule has 0 aromatic carbocycles. The molecule has 0 spiro atoms. The lowest BCUT2D eigenvalue weighted by Gasteiger charge is -2.40. The number of aliphatic hydroxyl groups is 1. The fourth-order valence-corrected chi connectivity index (χ4v) is 3.05. The Kier molecular flexibility index (Phi) is 6.61. The van der Waals surface area contributed by atoms with Crippen molar-refractivity contribution in [2.24, 2.45) is 11.3 Å². The molecule has 0 radical (unpaired) electrons. The fraction of sp³-hybridized carbons (Fsp3) is 1.00. The number of nitrogens with zero attached hydrogens (tertiary/aromatic N) is 2. The zero-order chi connectivity index (χ0) is 13.6. The molecule has 1 aliphatic carbocycles. The maximum atomic E-state index is 9.76. The van der Waals surface area contributed by atoms with E-state index in [0.717, 1.165) is 25.6 Å². The van der Waals surface area contributed by atoms with E-state index in [1.807, 2.05) is 0 Å². The Hall–Kier alpha value is -0.120. The largest absolute Gasteiger partial charge is 0.396 e. The zero-order valence-electron chi connectivity index (χ0n) is 12.8. The Morgan fingerprint density at radius 2 is 1.72 bits per heavy atom. The van der Waals surface area contributed by atoms with Crippen molar-refractivity contribution >= 4 is 0 Å². The van der Waals surface area contributed by atoms with Crippen LogP contribution in [0.4, 0.5) is 0 Å². The van der Waals surface area contributed by atoms with Gasteiger partial charge in [-0.3, -0.25) is 0 Å². The second-order valence-electron chi connectivity index (χ2n) is 6.74. The lowest BCUT2D eigenvalue weighted by atomic mass is 9.71. The van der Waals surface area contributed by atoms with Crippen LogP contribution in [0.15, 0.2) is 0 Å². The molecule has 0 aromatic rings. The van der Waals surface area contributed by atoms with Crippen LogP contribution in [-0.4, -0.2) is 62.3 Å². The first kappa shape index (κ1) is 15.9. The van der Waals surface area contributed by atoms with E-state index in [1.54, 1.807) is 0 Å². The molecule has 0 atom stereocenters. The highest BCUT2D eigenvalue weighted by atomic mass is 16.3. The van der Waals surface area contributed by atoms with Crippen LogP contribution in [0.3, 0.4) is 0 Å². The Labute approximate surface area is 113 Å². The van der Waals surface area contributed by atoms with Crippen LogP contribution in [0.2, 0.25) is 0 Å². The van der Waals surface area contributed by atoms with Crippen molar-refractivity contribution in [3.8, 4) is 0 Å².